The fourth-order valence-corrected chi connectivity index (χ4v) is 4.36. The average molecular weight is 513 g/mol. The Bertz CT molecular complexity index is 1070. The van der Waals surface area contributed by atoms with Crippen LogP contribution >= 0.6 is 0 Å². The van der Waals surface area contributed by atoms with E-state index in [1.807, 2.05) is 0 Å². The van der Waals surface area contributed by atoms with E-state index in [1.165, 1.54) is 24.5 Å². The Labute approximate surface area is 205 Å². The van der Waals surface area contributed by atoms with Gasteiger partial charge >= 0.3 is 6.36 Å². The van der Waals surface area contributed by atoms with Gasteiger partial charge in [-0.2, -0.15) is 4.39 Å². The summed E-state index contributed by atoms with van der Waals surface area (Å²) in [5, 5.41) is 13.4. The maximum absolute atomic E-state index is 15.4. The zero-order chi connectivity index (χ0) is 25.9. The molecule has 1 aliphatic carbocycles. The van der Waals surface area contributed by atoms with Crippen molar-refractivity contribution >= 4 is 17.5 Å². The van der Waals surface area contributed by atoms with E-state index in [1.54, 1.807) is 15.9 Å². The number of piperidine rings is 1. The number of benzene rings is 1. The third kappa shape index (κ3) is 6.94. The number of nitrogens with zero attached hydrogens (tertiary/aromatic N) is 4. The molecular formula is C23H28F4N6O3. The number of halogens is 4. The molecule has 0 radical (unpaired) electrons. The van der Waals surface area contributed by atoms with Gasteiger partial charge in [0.05, 0.1) is 12.6 Å². The highest BCUT2D eigenvalue weighted by atomic mass is 19.4. The standard InChI is InChI=1S/C23H28F4N6O3/c24-20-21(29-9-15-6-7-32(11-18(15)34)12-19(28)35)30-13-31-22(20)33(16-4-5-16)10-14-2-1-3-17(8-14)36-23(25,26)27/h1-3,8,13,15-16,18,34H,4-7,9-12H2,(H2,28,35)(H,29,30,31)/t15-,18+/m0/s1. The topological polar surface area (TPSA) is 117 Å². The van der Waals surface area contributed by atoms with Crippen LogP contribution in [0.25, 0.3) is 0 Å². The number of primary amides is 1. The molecule has 36 heavy (non-hydrogen) atoms. The van der Waals surface area contributed by atoms with Crippen molar-refractivity contribution < 1.29 is 32.2 Å². The number of ether oxygens (including phenoxy) is 1. The minimum absolute atomic E-state index is 0.00541. The molecule has 13 heteroatoms. The molecule has 2 aromatic rings. The first-order valence-corrected chi connectivity index (χ1v) is 11.6. The van der Waals surface area contributed by atoms with E-state index in [4.69, 9.17) is 5.73 Å². The molecule has 9 nitrogen and oxygen atoms in total. The number of β-amino-alcohol motifs (C(OH)–C–C–N with tert-alkyl or cyclic N) is 1. The van der Waals surface area contributed by atoms with Gasteiger partial charge in [-0.25, -0.2) is 9.97 Å². The maximum Gasteiger partial charge on any atom is 0.573 e. The molecule has 1 aromatic carbocycles. The van der Waals surface area contributed by atoms with E-state index in [9.17, 15) is 23.1 Å². The molecule has 1 aliphatic heterocycles. The van der Waals surface area contributed by atoms with Crippen molar-refractivity contribution in [3.63, 3.8) is 0 Å². The summed E-state index contributed by atoms with van der Waals surface area (Å²) < 4.78 is 57.2. The molecule has 4 rings (SSSR count). The highest BCUT2D eigenvalue weighted by Gasteiger charge is 2.34. The Kier molecular flexibility index (Phi) is 7.79. The molecule has 4 N–H and O–H groups in total. The third-order valence-corrected chi connectivity index (χ3v) is 6.23. The fourth-order valence-electron chi connectivity index (χ4n) is 4.36. The van der Waals surface area contributed by atoms with E-state index in [0.717, 1.165) is 12.8 Å². The van der Waals surface area contributed by atoms with Gasteiger partial charge < -0.3 is 25.8 Å². The Morgan fingerprint density at radius 2 is 2.06 bits per heavy atom. The monoisotopic (exact) mass is 512 g/mol. The normalized spacial score (nSPS) is 20.7. The van der Waals surface area contributed by atoms with Crippen LogP contribution in [-0.2, 0) is 11.3 Å². The number of anilines is 2. The van der Waals surface area contributed by atoms with Crippen LogP contribution in [0.5, 0.6) is 5.75 Å². The number of hydrogen-bond acceptors (Lipinski definition) is 8. The number of hydrogen-bond donors (Lipinski definition) is 3. The van der Waals surface area contributed by atoms with E-state index < -0.39 is 24.2 Å². The van der Waals surface area contributed by atoms with Crippen LogP contribution in [0.2, 0.25) is 0 Å². The summed E-state index contributed by atoms with van der Waals surface area (Å²) in [5.74, 6) is -1.63. The van der Waals surface area contributed by atoms with Crippen molar-refractivity contribution in [3.05, 3.63) is 42.0 Å². The quantitative estimate of drug-likeness (QED) is 0.415. The van der Waals surface area contributed by atoms with Gasteiger partial charge in [0.25, 0.3) is 0 Å². The fraction of sp³-hybridized carbons (Fsp3) is 0.522. The van der Waals surface area contributed by atoms with Crippen LogP contribution in [0.15, 0.2) is 30.6 Å². The Morgan fingerprint density at radius 3 is 2.72 bits per heavy atom. The van der Waals surface area contributed by atoms with Crippen molar-refractivity contribution in [3.8, 4) is 5.75 Å². The Morgan fingerprint density at radius 1 is 1.28 bits per heavy atom. The molecule has 196 valence electrons. The highest BCUT2D eigenvalue weighted by molar-refractivity contribution is 5.75. The first-order valence-electron chi connectivity index (χ1n) is 11.6. The number of rotatable bonds is 10. The van der Waals surface area contributed by atoms with Crippen LogP contribution in [0.1, 0.15) is 24.8 Å². The second kappa shape index (κ2) is 10.8. The van der Waals surface area contributed by atoms with Crippen LogP contribution in [0.4, 0.5) is 29.2 Å². The SMILES string of the molecule is NC(=O)CN1CC[C@@H](CNc2ncnc(N(Cc3cccc(OC(F)(F)F)c3)C3CC3)c2F)[C@H](O)C1. The molecule has 1 saturated carbocycles. The second-order valence-electron chi connectivity index (χ2n) is 9.11. The van der Waals surface area contributed by atoms with Gasteiger partial charge in [0.1, 0.15) is 12.1 Å². The van der Waals surface area contributed by atoms with E-state index in [2.05, 4.69) is 20.0 Å². The lowest BCUT2D eigenvalue weighted by Gasteiger charge is -2.35. The molecule has 2 aliphatic rings. The van der Waals surface area contributed by atoms with Gasteiger partial charge in [0.2, 0.25) is 11.7 Å². The first kappa shape index (κ1) is 25.9. The Hall–Kier alpha value is -3.19. The minimum Gasteiger partial charge on any atom is -0.406 e. The van der Waals surface area contributed by atoms with Crippen LogP contribution in [-0.4, -0.2) is 70.6 Å². The molecule has 0 spiro atoms. The number of aliphatic hydroxyl groups excluding tert-OH is 1. The van der Waals surface area contributed by atoms with Crippen LogP contribution in [0, 0.1) is 11.7 Å². The minimum atomic E-state index is -4.81. The predicted octanol–water partition coefficient (Wildman–Crippen LogP) is 2.26. The van der Waals surface area contributed by atoms with Crippen LogP contribution < -0.4 is 20.7 Å². The number of aliphatic hydroxyl groups is 1. The molecule has 1 saturated heterocycles. The van der Waals surface area contributed by atoms with Gasteiger partial charge in [-0.15, -0.1) is 13.2 Å². The molecule has 2 atom stereocenters. The second-order valence-corrected chi connectivity index (χ2v) is 9.11. The number of aromatic nitrogens is 2. The molecule has 2 heterocycles. The smallest absolute Gasteiger partial charge is 0.406 e. The number of carbonyl (C=O) groups excluding carboxylic acids is 1. The zero-order valence-corrected chi connectivity index (χ0v) is 19.4. The van der Waals surface area contributed by atoms with Crippen molar-refractivity contribution in [2.45, 2.75) is 44.3 Å². The lowest BCUT2D eigenvalue weighted by Crippen LogP contribution is -2.48. The highest BCUT2D eigenvalue weighted by Crippen LogP contribution is 2.35. The molecule has 2 fully saturated rings. The van der Waals surface area contributed by atoms with Gasteiger partial charge in [0, 0.05) is 31.6 Å². The molecule has 0 bridgehead atoms. The predicted molar refractivity (Wildman–Crippen MR) is 123 cm³/mol. The zero-order valence-electron chi connectivity index (χ0n) is 19.4. The number of likely N-dealkylation sites (tertiary alicyclic amines) is 1. The van der Waals surface area contributed by atoms with Gasteiger partial charge in [-0.1, -0.05) is 12.1 Å². The summed E-state index contributed by atoms with van der Waals surface area (Å²) in [6.45, 7) is 1.35. The van der Waals surface area contributed by atoms with Crippen molar-refractivity contribution in [1.82, 2.24) is 14.9 Å². The largest absolute Gasteiger partial charge is 0.573 e. The van der Waals surface area contributed by atoms with Crippen molar-refractivity contribution in [2.75, 3.05) is 36.4 Å². The number of nitrogens with one attached hydrogen (secondary N) is 1. The van der Waals surface area contributed by atoms with E-state index in [0.29, 0.717) is 25.1 Å². The number of carbonyl (C=O) groups is 1. The summed E-state index contributed by atoms with van der Waals surface area (Å²) >= 11 is 0. The van der Waals surface area contributed by atoms with Gasteiger partial charge in [0.15, 0.2) is 11.6 Å². The van der Waals surface area contributed by atoms with Crippen LogP contribution in [0.3, 0.4) is 0 Å². The third-order valence-electron chi connectivity index (χ3n) is 6.23. The number of alkyl halides is 3. The van der Waals surface area contributed by atoms with E-state index >= 15 is 4.39 Å². The van der Waals surface area contributed by atoms with Gasteiger partial charge in [-0.05, 0) is 43.5 Å². The van der Waals surface area contributed by atoms with E-state index in [-0.39, 0.29) is 49.0 Å². The Balaban J connectivity index is 1.43. The summed E-state index contributed by atoms with van der Waals surface area (Å²) in [6.07, 6.45) is -2.09. The summed E-state index contributed by atoms with van der Waals surface area (Å²) in [6, 6.07) is 5.57. The summed E-state index contributed by atoms with van der Waals surface area (Å²) in [4.78, 5) is 22.7. The maximum atomic E-state index is 15.4. The average Bonchev–Trinajstić information content (AvgIpc) is 3.62. The first-order chi connectivity index (χ1) is 17.1. The summed E-state index contributed by atoms with van der Waals surface area (Å²) in [5.41, 5.74) is 5.73. The van der Waals surface area contributed by atoms with Gasteiger partial charge in [-0.3, -0.25) is 9.69 Å². The lowest BCUT2D eigenvalue weighted by molar-refractivity contribution is -0.274. The molecular weight excluding hydrogens is 484 g/mol. The molecule has 0 unspecified atom stereocenters. The van der Waals surface area contributed by atoms with Crippen molar-refractivity contribution in [1.29, 1.82) is 0 Å². The number of amides is 1. The lowest BCUT2D eigenvalue weighted by atomic mass is 9.93. The summed E-state index contributed by atoms with van der Waals surface area (Å²) in [7, 11) is 0. The van der Waals surface area contributed by atoms with Crippen molar-refractivity contribution in [2.24, 2.45) is 11.7 Å². The molecule has 1 aromatic heterocycles. The number of nitrogens with two attached hydrogens (primary N) is 1. The molecule has 1 amide bonds.